The Balaban J connectivity index is 3.64. The van der Waals surface area contributed by atoms with E-state index in [9.17, 15) is 9.59 Å². The van der Waals surface area contributed by atoms with E-state index in [1.807, 2.05) is 6.92 Å². The van der Waals surface area contributed by atoms with Crippen LogP contribution >= 0.6 is 0 Å². The van der Waals surface area contributed by atoms with Gasteiger partial charge < -0.3 is 20.1 Å². The minimum absolute atomic E-state index is 0.125. The molecule has 6 nitrogen and oxygen atoms in total. The fourth-order valence-electron chi connectivity index (χ4n) is 1.25. The van der Waals surface area contributed by atoms with Crippen LogP contribution in [0.4, 0.5) is 4.79 Å². The zero-order valence-corrected chi connectivity index (χ0v) is 10.6. The normalized spacial score (nSPS) is 10.0. The second kappa shape index (κ2) is 9.89. The maximum absolute atomic E-state index is 11.6. The van der Waals surface area contributed by atoms with Gasteiger partial charge in [-0.25, -0.2) is 9.59 Å². The number of nitrogens with one attached hydrogen (secondary N) is 1. The molecule has 2 N–H and O–H groups in total. The summed E-state index contributed by atoms with van der Waals surface area (Å²) in [5.41, 5.74) is 0. The monoisotopic (exact) mass is 246 g/mol. The summed E-state index contributed by atoms with van der Waals surface area (Å²) < 4.78 is 4.81. The number of aliphatic carboxylic acids is 1. The molecule has 6 heteroatoms. The van der Waals surface area contributed by atoms with Gasteiger partial charge in [-0.05, 0) is 13.3 Å². The lowest BCUT2D eigenvalue weighted by atomic mass is 10.3. The molecular weight excluding hydrogens is 224 g/mol. The molecule has 0 aromatic carbocycles. The lowest BCUT2D eigenvalue weighted by Crippen LogP contribution is -2.41. The summed E-state index contributed by atoms with van der Waals surface area (Å²) in [6.45, 7) is 5.62. The third-order valence-corrected chi connectivity index (χ3v) is 2.20. The number of ether oxygens (including phenoxy) is 1. The van der Waals surface area contributed by atoms with Gasteiger partial charge in [-0.2, -0.15) is 0 Å². The topological polar surface area (TPSA) is 78.9 Å². The van der Waals surface area contributed by atoms with Crippen LogP contribution in [0, 0.1) is 0 Å². The van der Waals surface area contributed by atoms with Crippen LogP contribution in [0.25, 0.3) is 0 Å². The Bertz CT molecular complexity index is 234. The summed E-state index contributed by atoms with van der Waals surface area (Å²) in [6.07, 6.45) is 2.03. The van der Waals surface area contributed by atoms with E-state index in [1.165, 1.54) is 0 Å². The zero-order valence-electron chi connectivity index (χ0n) is 10.6. The number of hydrogen-bond acceptors (Lipinski definition) is 3. The SMILES string of the molecule is CCCCN(CC)C(=O)NCCOCC(=O)O. The molecule has 0 spiro atoms. The molecule has 0 aliphatic carbocycles. The molecule has 0 aromatic rings. The van der Waals surface area contributed by atoms with Crippen molar-refractivity contribution in [2.45, 2.75) is 26.7 Å². The fraction of sp³-hybridized carbons (Fsp3) is 0.818. The molecule has 0 aliphatic heterocycles. The van der Waals surface area contributed by atoms with E-state index in [-0.39, 0.29) is 19.2 Å². The van der Waals surface area contributed by atoms with Crippen molar-refractivity contribution < 1.29 is 19.4 Å². The van der Waals surface area contributed by atoms with E-state index in [1.54, 1.807) is 4.90 Å². The first-order chi connectivity index (χ1) is 8.11. The molecular formula is C11H22N2O4. The summed E-state index contributed by atoms with van der Waals surface area (Å²) in [5.74, 6) is -1.01. The first-order valence-electron chi connectivity index (χ1n) is 5.94. The van der Waals surface area contributed by atoms with Gasteiger partial charge in [-0.15, -0.1) is 0 Å². The van der Waals surface area contributed by atoms with E-state index in [0.717, 1.165) is 19.4 Å². The molecule has 0 heterocycles. The summed E-state index contributed by atoms with van der Waals surface area (Å²) in [7, 11) is 0. The highest BCUT2D eigenvalue weighted by Gasteiger charge is 2.09. The second-order valence-corrected chi connectivity index (χ2v) is 3.61. The van der Waals surface area contributed by atoms with Gasteiger partial charge in [0.2, 0.25) is 0 Å². The Morgan fingerprint density at radius 1 is 1.35 bits per heavy atom. The highest BCUT2D eigenvalue weighted by molar-refractivity contribution is 5.74. The molecule has 0 unspecified atom stereocenters. The van der Waals surface area contributed by atoms with Crippen molar-refractivity contribution in [1.82, 2.24) is 10.2 Å². The largest absolute Gasteiger partial charge is 0.480 e. The highest BCUT2D eigenvalue weighted by Crippen LogP contribution is 1.95. The molecule has 17 heavy (non-hydrogen) atoms. The van der Waals surface area contributed by atoms with Crippen LogP contribution in [0.1, 0.15) is 26.7 Å². The number of amides is 2. The molecule has 0 radical (unpaired) electrons. The molecule has 0 fully saturated rings. The van der Waals surface area contributed by atoms with Crippen LogP contribution in [0.3, 0.4) is 0 Å². The van der Waals surface area contributed by atoms with Gasteiger partial charge in [0.15, 0.2) is 0 Å². The van der Waals surface area contributed by atoms with Gasteiger partial charge in [-0.3, -0.25) is 0 Å². The van der Waals surface area contributed by atoms with Crippen LogP contribution in [0.15, 0.2) is 0 Å². The summed E-state index contributed by atoms with van der Waals surface area (Å²) in [6, 6.07) is -0.125. The average Bonchev–Trinajstić information content (AvgIpc) is 2.29. The van der Waals surface area contributed by atoms with Crippen molar-refractivity contribution in [2.24, 2.45) is 0 Å². The minimum atomic E-state index is -1.01. The number of carboxylic acid groups (broad SMARTS) is 1. The van der Waals surface area contributed by atoms with Crippen molar-refractivity contribution in [3.63, 3.8) is 0 Å². The van der Waals surface area contributed by atoms with Gasteiger partial charge in [0.1, 0.15) is 6.61 Å². The summed E-state index contributed by atoms with van der Waals surface area (Å²) >= 11 is 0. The first-order valence-corrected chi connectivity index (χ1v) is 5.94. The molecule has 0 saturated heterocycles. The smallest absolute Gasteiger partial charge is 0.329 e. The number of unbranched alkanes of at least 4 members (excludes halogenated alkanes) is 1. The number of carboxylic acids is 1. The van der Waals surface area contributed by atoms with Crippen LogP contribution in [-0.4, -0.2) is 54.9 Å². The van der Waals surface area contributed by atoms with E-state index in [2.05, 4.69) is 12.2 Å². The highest BCUT2D eigenvalue weighted by atomic mass is 16.5. The van der Waals surface area contributed by atoms with Gasteiger partial charge in [0.05, 0.1) is 6.61 Å². The van der Waals surface area contributed by atoms with E-state index in [0.29, 0.717) is 13.1 Å². The number of carbonyl (C=O) groups is 2. The molecule has 0 rings (SSSR count). The van der Waals surface area contributed by atoms with E-state index in [4.69, 9.17) is 9.84 Å². The molecule has 0 bridgehead atoms. The van der Waals surface area contributed by atoms with Crippen molar-refractivity contribution in [3.05, 3.63) is 0 Å². The van der Waals surface area contributed by atoms with Crippen molar-refractivity contribution in [1.29, 1.82) is 0 Å². The standard InChI is InChI=1S/C11H22N2O4/c1-3-5-7-13(4-2)11(16)12-6-8-17-9-10(14)15/h3-9H2,1-2H3,(H,12,16)(H,14,15). The molecule has 0 aromatic heterocycles. The van der Waals surface area contributed by atoms with Crippen LogP contribution in [0.5, 0.6) is 0 Å². The van der Waals surface area contributed by atoms with E-state index < -0.39 is 5.97 Å². The average molecular weight is 246 g/mol. The predicted molar refractivity (Wildman–Crippen MR) is 64.0 cm³/mol. The summed E-state index contributed by atoms with van der Waals surface area (Å²) in [4.78, 5) is 23.5. The second-order valence-electron chi connectivity index (χ2n) is 3.61. The van der Waals surface area contributed by atoms with Gasteiger partial charge in [0, 0.05) is 19.6 Å². The fourth-order valence-corrected chi connectivity index (χ4v) is 1.25. The molecule has 0 atom stereocenters. The van der Waals surface area contributed by atoms with Crippen LogP contribution in [-0.2, 0) is 9.53 Å². The van der Waals surface area contributed by atoms with Crippen molar-refractivity contribution in [3.8, 4) is 0 Å². The Kier molecular flexibility index (Phi) is 9.14. The predicted octanol–water partition coefficient (Wildman–Crippen LogP) is 0.919. The minimum Gasteiger partial charge on any atom is -0.480 e. The summed E-state index contributed by atoms with van der Waals surface area (Å²) in [5, 5.41) is 11.0. The van der Waals surface area contributed by atoms with Gasteiger partial charge in [-0.1, -0.05) is 13.3 Å². The number of carbonyl (C=O) groups excluding carboxylic acids is 1. The lowest BCUT2D eigenvalue weighted by molar-refractivity contribution is -0.142. The van der Waals surface area contributed by atoms with Crippen molar-refractivity contribution in [2.75, 3.05) is 32.8 Å². The van der Waals surface area contributed by atoms with Gasteiger partial charge in [0.25, 0.3) is 0 Å². The zero-order chi connectivity index (χ0) is 13.1. The number of urea groups is 1. The van der Waals surface area contributed by atoms with Crippen LogP contribution < -0.4 is 5.32 Å². The Hall–Kier alpha value is -1.30. The first kappa shape index (κ1) is 15.7. The third-order valence-electron chi connectivity index (χ3n) is 2.20. The van der Waals surface area contributed by atoms with Gasteiger partial charge >= 0.3 is 12.0 Å². The molecule has 0 aliphatic rings. The van der Waals surface area contributed by atoms with Crippen molar-refractivity contribution >= 4 is 12.0 Å². The quantitative estimate of drug-likeness (QED) is 0.593. The Labute approximate surface area is 102 Å². The Morgan fingerprint density at radius 3 is 2.59 bits per heavy atom. The number of hydrogen-bond donors (Lipinski definition) is 2. The maximum atomic E-state index is 11.6. The molecule has 100 valence electrons. The maximum Gasteiger partial charge on any atom is 0.329 e. The van der Waals surface area contributed by atoms with Crippen LogP contribution in [0.2, 0.25) is 0 Å². The Morgan fingerprint density at radius 2 is 2.06 bits per heavy atom. The third kappa shape index (κ3) is 8.50. The molecule has 0 saturated carbocycles. The van der Waals surface area contributed by atoms with E-state index >= 15 is 0 Å². The molecule has 2 amide bonds. The number of nitrogens with zero attached hydrogens (tertiary/aromatic N) is 1. The lowest BCUT2D eigenvalue weighted by Gasteiger charge is -2.20. The number of rotatable bonds is 9.